The molecule has 1 aromatic heterocycles. The Hall–Kier alpha value is -3.87. The molecule has 3 aromatic rings. The van der Waals surface area contributed by atoms with E-state index in [1.165, 1.54) is 19.2 Å². The van der Waals surface area contributed by atoms with Crippen LogP contribution in [0, 0.1) is 5.82 Å². The molecule has 0 bridgehead atoms. The number of carbonyl (C=O) groups is 1. The Morgan fingerprint density at radius 3 is 2.40 bits per heavy atom. The second-order valence-corrected chi connectivity index (χ2v) is 6.25. The van der Waals surface area contributed by atoms with Gasteiger partial charge in [0, 0.05) is 24.4 Å². The molecule has 1 heterocycles. The monoisotopic (exact) mass is 409 g/mol. The van der Waals surface area contributed by atoms with Crippen LogP contribution in [-0.2, 0) is 22.7 Å². The van der Waals surface area contributed by atoms with Crippen molar-refractivity contribution < 1.29 is 28.5 Å². The lowest BCUT2D eigenvalue weighted by Gasteiger charge is -2.13. The molecular weight excluding hydrogens is 389 g/mol. The number of ether oxygens (including phenoxy) is 3. The summed E-state index contributed by atoms with van der Waals surface area (Å²) in [6.07, 6.45) is 2.81. The minimum absolute atomic E-state index is 0.00433. The quantitative estimate of drug-likeness (QED) is 0.416. The van der Waals surface area contributed by atoms with E-state index in [1.807, 2.05) is 6.07 Å². The lowest BCUT2D eigenvalue weighted by Crippen LogP contribution is -2.06. The first-order valence-corrected chi connectivity index (χ1v) is 9.07. The van der Waals surface area contributed by atoms with Gasteiger partial charge in [-0.25, -0.2) is 9.18 Å². The van der Waals surface area contributed by atoms with Crippen molar-refractivity contribution in [3.8, 4) is 11.5 Å². The van der Waals surface area contributed by atoms with E-state index in [9.17, 15) is 14.3 Å². The van der Waals surface area contributed by atoms with Crippen molar-refractivity contribution in [2.45, 2.75) is 13.2 Å². The Morgan fingerprint density at radius 2 is 1.73 bits per heavy atom. The lowest BCUT2D eigenvalue weighted by atomic mass is 10.0. The molecule has 0 amide bonds. The van der Waals surface area contributed by atoms with Crippen LogP contribution in [0.5, 0.6) is 11.5 Å². The van der Waals surface area contributed by atoms with Crippen molar-refractivity contribution in [2.24, 2.45) is 0 Å². The number of nitrogens with zero attached hydrogens (tertiary/aromatic N) is 1. The minimum Gasteiger partial charge on any atom is -0.503 e. The molecule has 0 aliphatic rings. The first-order chi connectivity index (χ1) is 14.6. The number of halogens is 1. The van der Waals surface area contributed by atoms with Crippen LogP contribution in [-0.4, -0.2) is 23.2 Å². The van der Waals surface area contributed by atoms with Crippen LogP contribution in [0.15, 0.2) is 73.1 Å². The van der Waals surface area contributed by atoms with Gasteiger partial charge in [0.1, 0.15) is 36.1 Å². The second-order valence-electron chi connectivity index (χ2n) is 6.25. The van der Waals surface area contributed by atoms with Crippen LogP contribution < -0.4 is 9.47 Å². The number of hydrogen-bond donors (Lipinski definition) is 1. The molecule has 0 unspecified atom stereocenters. The summed E-state index contributed by atoms with van der Waals surface area (Å²) in [7, 11) is 1.38. The zero-order chi connectivity index (χ0) is 21.3. The SMILES string of the molecule is COC=C(C(=O)O)c1ccccc1COc1cc(F)cc(OCc2ccccn2)c1. The summed E-state index contributed by atoms with van der Waals surface area (Å²) in [6, 6.07) is 16.4. The van der Waals surface area contributed by atoms with E-state index in [0.717, 1.165) is 6.26 Å². The number of aromatic nitrogens is 1. The predicted octanol–water partition coefficient (Wildman–Crippen LogP) is 4.45. The molecule has 0 aliphatic carbocycles. The maximum atomic E-state index is 14.0. The van der Waals surface area contributed by atoms with E-state index >= 15 is 0 Å². The number of benzene rings is 2. The highest BCUT2D eigenvalue weighted by atomic mass is 19.1. The Morgan fingerprint density at radius 1 is 1.03 bits per heavy atom. The van der Waals surface area contributed by atoms with Gasteiger partial charge in [-0.2, -0.15) is 0 Å². The summed E-state index contributed by atoms with van der Waals surface area (Å²) in [4.78, 5) is 15.7. The van der Waals surface area contributed by atoms with Crippen LogP contribution >= 0.6 is 0 Å². The van der Waals surface area contributed by atoms with E-state index in [2.05, 4.69) is 4.98 Å². The van der Waals surface area contributed by atoms with Gasteiger partial charge in [-0.1, -0.05) is 30.3 Å². The predicted molar refractivity (Wildman–Crippen MR) is 108 cm³/mol. The van der Waals surface area contributed by atoms with Crippen molar-refractivity contribution in [1.29, 1.82) is 0 Å². The van der Waals surface area contributed by atoms with Gasteiger partial charge in [-0.15, -0.1) is 0 Å². The van der Waals surface area contributed by atoms with Crippen LogP contribution in [0.2, 0.25) is 0 Å². The molecule has 3 rings (SSSR count). The van der Waals surface area contributed by atoms with E-state index in [-0.39, 0.29) is 24.5 Å². The van der Waals surface area contributed by atoms with E-state index in [0.29, 0.717) is 22.6 Å². The molecule has 1 N–H and O–H groups in total. The average Bonchev–Trinajstić information content (AvgIpc) is 2.75. The third-order valence-electron chi connectivity index (χ3n) is 4.13. The van der Waals surface area contributed by atoms with Crippen LogP contribution in [0.1, 0.15) is 16.8 Å². The molecule has 0 saturated heterocycles. The number of pyridine rings is 1. The molecule has 0 spiro atoms. The highest BCUT2D eigenvalue weighted by molar-refractivity contribution is 6.15. The molecule has 0 fully saturated rings. The van der Waals surface area contributed by atoms with Crippen LogP contribution in [0.3, 0.4) is 0 Å². The van der Waals surface area contributed by atoms with Gasteiger partial charge < -0.3 is 19.3 Å². The molecule has 0 aliphatic heterocycles. The number of methoxy groups -OCH3 is 1. The van der Waals surface area contributed by atoms with Crippen molar-refractivity contribution in [3.05, 3.63) is 95.8 Å². The summed E-state index contributed by atoms with van der Waals surface area (Å²) in [5.41, 5.74) is 1.78. The largest absolute Gasteiger partial charge is 0.503 e. The topological polar surface area (TPSA) is 77.9 Å². The highest BCUT2D eigenvalue weighted by Gasteiger charge is 2.15. The summed E-state index contributed by atoms with van der Waals surface area (Å²) >= 11 is 0. The summed E-state index contributed by atoms with van der Waals surface area (Å²) < 4.78 is 30.2. The summed E-state index contributed by atoms with van der Waals surface area (Å²) in [5, 5.41) is 9.43. The molecule has 7 heteroatoms. The van der Waals surface area contributed by atoms with Crippen molar-refractivity contribution >= 4 is 11.5 Å². The lowest BCUT2D eigenvalue weighted by molar-refractivity contribution is -0.130. The van der Waals surface area contributed by atoms with E-state index < -0.39 is 11.8 Å². The highest BCUT2D eigenvalue weighted by Crippen LogP contribution is 2.26. The Kier molecular flexibility index (Phi) is 7.00. The van der Waals surface area contributed by atoms with Crippen molar-refractivity contribution in [2.75, 3.05) is 7.11 Å². The molecule has 0 radical (unpaired) electrons. The molecule has 2 aromatic carbocycles. The summed E-state index contributed by atoms with van der Waals surface area (Å²) in [6.45, 7) is 0.226. The maximum absolute atomic E-state index is 14.0. The third kappa shape index (κ3) is 5.57. The van der Waals surface area contributed by atoms with E-state index in [1.54, 1.807) is 48.7 Å². The van der Waals surface area contributed by atoms with Crippen LogP contribution in [0.4, 0.5) is 4.39 Å². The van der Waals surface area contributed by atoms with Gasteiger partial charge in [0.25, 0.3) is 0 Å². The number of carboxylic acid groups (broad SMARTS) is 1. The molecule has 0 atom stereocenters. The molecule has 0 saturated carbocycles. The number of hydrogen-bond acceptors (Lipinski definition) is 5. The second kappa shape index (κ2) is 10.1. The Labute approximate surface area is 173 Å². The molecule has 30 heavy (non-hydrogen) atoms. The van der Waals surface area contributed by atoms with Gasteiger partial charge in [-0.3, -0.25) is 4.98 Å². The number of rotatable bonds is 9. The molecule has 154 valence electrons. The smallest absolute Gasteiger partial charge is 0.339 e. The van der Waals surface area contributed by atoms with E-state index in [4.69, 9.17) is 14.2 Å². The zero-order valence-electron chi connectivity index (χ0n) is 16.2. The van der Waals surface area contributed by atoms with Gasteiger partial charge >= 0.3 is 5.97 Å². The Balaban J connectivity index is 1.74. The van der Waals surface area contributed by atoms with Crippen molar-refractivity contribution in [1.82, 2.24) is 4.98 Å². The normalized spacial score (nSPS) is 11.1. The standard InChI is InChI=1S/C23H20FNO5/c1-28-15-22(23(26)27)21-8-3-2-6-16(21)13-29-19-10-17(24)11-20(12-19)30-14-18-7-4-5-9-25-18/h2-12,15H,13-14H2,1H3,(H,26,27). The summed E-state index contributed by atoms with van der Waals surface area (Å²) in [5.74, 6) is -1.08. The van der Waals surface area contributed by atoms with Gasteiger partial charge in [0.15, 0.2) is 0 Å². The number of aliphatic carboxylic acids is 1. The molecule has 6 nitrogen and oxygen atoms in total. The van der Waals surface area contributed by atoms with Crippen LogP contribution in [0.25, 0.3) is 5.57 Å². The maximum Gasteiger partial charge on any atom is 0.339 e. The average molecular weight is 409 g/mol. The van der Waals surface area contributed by atoms with Gasteiger partial charge in [0.05, 0.1) is 19.1 Å². The first kappa shape index (κ1) is 20.9. The minimum atomic E-state index is -1.12. The third-order valence-corrected chi connectivity index (χ3v) is 4.13. The fourth-order valence-corrected chi connectivity index (χ4v) is 2.76. The fraction of sp³-hybridized carbons (Fsp3) is 0.130. The van der Waals surface area contributed by atoms with Gasteiger partial charge in [-0.05, 0) is 23.3 Å². The molecular formula is C23H20FNO5. The van der Waals surface area contributed by atoms with Crippen molar-refractivity contribution in [3.63, 3.8) is 0 Å². The number of carboxylic acids is 1. The van der Waals surface area contributed by atoms with Gasteiger partial charge in [0.2, 0.25) is 0 Å². The fourth-order valence-electron chi connectivity index (χ4n) is 2.76. The first-order valence-electron chi connectivity index (χ1n) is 9.07. The zero-order valence-corrected chi connectivity index (χ0v) is 16.2. The Bertz CT molecular complexity index is 1040.